The standard InChI is InChI=1S/C14H22N2O4/c1-5-10(6-11(17)18)7-15-14(19)12-9(4)16-20-13(12)8(2)3/h8,10H,5-7H2,1-4H3,(H,15,19)(H,17,18). The molecule has 0 aromatic carbocycles. The molecule has 1 unspecified atom stereocenters. The lowest BCUT2D eigenvalue weighted by Gasteiger charge is -2.13. The molecule has 1 rings (SSSR count). The molecule has 1 aromatic heterocycles. The van der Waals surface area contributed by atoms with Gasteiger partial charge in [-0.3, -0.25) is 9.59 Å². The van der Waals surface area contributed by atoms with Crippen LogP contribution in [0.15, 0.2) is 4.52 Å². The van der Waals surface area contributed by atoms with Gasteiger partial charge < -0.3 is 14.9 Å². The Morgan fingerprint density at radius 3 is 2.55 bits per heavy atom. The minimum absolute atomic E-state index is 0.0520. The third-order valence-corrected chi connectivity index (χ3v) is 3.23. The maximum Gasteiger partial charge on any atom is 0.303 e. The lowest BCUT2D eigenvalue weighted by atomic mass is 10.0. The molecule has 112 valence electrons. The van der Waals surface area contributed by atoms with E-state index in [4.69, 9.17) is 9.63 Å². The number of carbonyl (C=O) groups excluding carboxylic acids is 1. The van der Waals surface area contributed by atoms with Crippen molar-refractivity contribution in [3.8, 4) is 0 Å². The number of rotatable bonds is 7. The highest BCUT2D eigenvalue weighted by molar-refractivity contribution is 5.96. The molecule has 6 nitrogen and oxygen atoms in total. The molecule has 1 atom stereocenters. The normalized spacial score (nSPS) is 12.4. The molecule has 0 bridgehead atoms. The van der Waals surface area contributed by atoms with Gasteiger partial charge in [0.2, 0.25) is 0 Å². The molecule has 0 aliphatic heterocycles. The minimum Gasteiger partial charge on any atom is -0.481 e. The van der Waals surface area contributed by atoms with E-state index in [0.29, 0.717) is 30.0 Å². The van der Waals surface area contributed by atoms with Gasteiger partial charge in [-0.1, -0.05) is 32.3 Å². The number of nitrogens with zero attached hydrogens (tertiary/aromatic N) is 1. The first kappa shape index (κ1) is 16.2. The minimum atomic E-state index is -0.852. The fraction of sp³-hybridized carbons (Fsp3) is 0.643. The van der Waals surface area contributed by atoms with Crippen molar-refractivity contribution in [2.45, 2.75) is 46.5 Å². The van der Waals surface area contributed by atoms with Crippen LogP contribution in [0.1, 0.15) is 61.3 Å². The van der Waals surface area contributed by atoms with Crippen molar-refractivity contribution in [3.63, 3.8) is 0 Å². The van der Waals surface area contributed by atoms with E-state index in [-0.39, 0.29) is 24.2 Å². The summed E-state index contributed by atoms with van der Waals surface area (Å²) in [5.74, 6) is -0.547. The molecule has 2 N–H and O–H groups in total. The molecule has 0 aliphatic rings. The van der Waals surface area contributed by atoms with E-state index in [1.54, 1.807) is 6.92 Å². The van der Waals surface area contributed by atoms with Gasteiger partial charge in [0.15, 0.2) is 5.76 Å². The summed E-state index contributed by atoms with van der Waals surface area (Å²) in [6, 6.07) is 0. The molecule has 1 heterocycles. The average molecular weight is 282 g/mol. The van der Waals surface area contributed by atoms with Crippen molar-refractivity contribution in [2.75, 3.05) is 6.54 Å². The van der Waals surface area contributed by atoms with Crippen LogP contribution < -0.4 is 5.32 Å². The SMILES string of the molecule is CCC(CNC(=O)c1c(C)noc1C(C)C)CC(=O)O. The summed E-state index contributed by atoms with van der Waals surface area (Å²) in [4.78, 5) is 22.9. The van der Waals surface area contributed by atoms with Gasteiger partial charge in [-0.15, -0.1) is 0 Å². The van der Waals surface area contributed by atoms with Crippen LogP contribution in [-0.4, -0.2) is 28.7 Å². The zero-order chi connectivity index (χ0) is 15.3. The van der Waals surface area contributed by atoms with Crippen molar-refractivity contribution in [1.82, 2.24) is 10.5 Å². The van der Waals surface area contributed by atoms with Crippen molar-refractivity contribution >= 4 is 11.9 Å². The number of nitrogens with one attached hydrogen (secondary N) is 1. The second-order valence-electron chi connectivity index (χ2n) is 5.24. The molecule has 0 fully saturated rings. The Morgan fingerprint density at radius 1 is 1.40 bits per heavy atom. The predicted molar refractivity (Wildman–Crippen MR) is 73.7 cm³/mol. The number of aryl methyl sites for hydroxylation is 1. The molecule has 1 amide bonds. The van der Waals surface area contributed by atoms with Crippen LogP contribution in [0, 0.1) is 12.8 Å². The van der Waals surface area contributed by atoms with Crippen LogP contribution in [0.2, 0.25) is 0 Å². The monoisotopic (exact) mass is 282 g/mol. The Hall–Kier alpha value is -1.85. The van der Waals surface area contributed by atoms with E-state index in [1.165, 1.54) is 0 Å². The van der Waals surface area contributed by atoms with E-state index in [2.05, 4.69) is 10.5 Å². The molecule has 0 radical (unpaired) electrons. The smallest absolute Gasteiger partial charge is 0.303 e. The van der Waals surface area contributed by atoms with Gasteiger partial charge in [-0.2, -0.15) is 0 Å². The molecule has 1 aromatic rings. The molecular weight excluding hydrogens is 260 g/mol. The van der Waals surface area contributed by atoms with Crippen molar-refractivity contribution in [3.05, 3.63) is 17.0 Å². The predicted octanol–water partition coefficient (Wildman–Crippen LogP) is 2.34. The van der Waals surface area contributed by atoms with Gasteiger partial charge in [0.25, 0.3) is 5.91 Å². The van der Waals surface area contributed by atoms with Crippen molar-refractivity contribution in [2.24, 2.45) is 5.92 Å². The second-order valence-corrected chi connectivity index (χ2v) is 5.24. The highest BCUT2D eigenvalue weighted by atomic mass is 16.5. The molecule has 0 saturated heterocycles. The van der Waals surface area contributed by atoms with Crippen LogP contribution in [0.4, 0.5) is 0 Å². The number of carboxylic acids is 1. The summed E-state index contributed by atoms with van der Waals surface area (Å²) >= 11 is 0. The largest absolute Gasteiger partial charge is 0.481 e. The van der Waals surface area contributed by atoms with E-state index in [0.717, 1.165) is 0 Å². The van der Waals surface area contributed by atoms with E-state index in [9.17, 15) is 9.59 Å². The van der Waals surface area contributed by atoms with E-state index >= 15 is 0 Å². The summed E-state index contributed by atoms with van der Waals surface area (Å²) in [5, 5.41) is 15.4. The number of aromatic nitrogens is 1. The Bertz CT molecular complexity index is 480. The zero-order valence-electron chi connectivity index (χ0n) is 12.4. The summed E-state index contributed by atoms with van der Waals surface area (Å²) in [7, 11) is 0. The summed E-state index contributed by atoms with van der Waals surface area (Å²) < 4.78 is 5.17. The first-order valence-electron chi connectivity index (χ1n) is 6.82. The summed E-state index contributed by atoms with van der Waals surface area (Å²) in [6.45, 7) is 7.82. The van der Waals surface area contributed by atoms with Gasteiger partial charge in [-0.25, -0.2) is 0 Å². The van der Waals surface area contributed by atoms with Crippen LogP contribution >= 0.6 is 0 Å². The van der Waals surface area contributed by atoms with Crippen LogP contribution in [0.5, 0.6) is 0 Å². The summed E-state index contributed by atoms with van der Waals surface area (Å²) in [5.41, 5.74) is 1.02. The summed E-state index contributed by atoms with van der Waals surface area (Å²) in [6.07, 6.45) is 0.753. The lowest BCUT2D eigenvalue weighted by Crippen LogP contribution is -2.31. The third kappa shape index (κ3) is 4.08. The maximum absolute atomic E-state index is 12.2. The topological polar surface area (TPSA) is 92.4 Å². The van der Waals surface area contributed by atoms with Crippen LogP contribution in [0.25, 0.3) is 0 Å². The first-order valence-corrected chi connectivity index (χ1v) is 6.82. The van der Waals surface area contributed by atoms with Crippen LogP contribution in [0.3, 0.4) is 0 Å². The molecule has 0 aliphatic carbocycles. The number of hydrogen-bond donors (Lipinski definition) is 2. The second kappa shape index (κ2) is 7.07. The fourth-order valence-corrected chi connectivity index (χ4v) is 1.99. The van der Waals surface area contributed by atoms with Crippen molar-refractivity contribution < 1.29 is 19.2 Å². The lowest BCUT2D eigenvalue weighted by molar-refractivity contribution is -0.138. The Labute approximate surface area is 118 Å². The first-order chi connectivity index (χ1) is 9.36. The van der Waals surface area contributed by atoms with Gasteiger partial charge in [0.05, 0.1) is 5.69 Å². The molecule has 0 spiro atoms. The quantitative estimate of drug-likeness (QED) is 0.800. The van der Waals surface area contributed by atoms with Gasteiger partial charge in [0, 0.05) is 18.9 Å². The van der Waals surface area contributed by atoms with Gasteiger partial charge >= 0.3 is 5.97 Å². The van der Waals surface area contributed by atoms with E-state index < -0.39 is 5.97 Å². The van der Waals surface area contributed by atoms with Gasteiger partial charge in [-0.05, 0) is 12.8 Å². The van der Waals surface area contributed by atoms with Gasteiger partial charge in [0.1, 0.15) is 5.56 Å². The zero-order valence-corrected chi connectivity index (χ0v) is 12.4. The number of aliphatic carboxylic acids is 1. The molecule has 0 saturated carbocycles. The highest BCUT2D eigenvalue weighted by Gasteiger charge is 2.23. The number of hydrogen-bond acceptors (Lipinski definition) is 4. The third-order valence-electron chi connectivity index (χ3n) is 3.23. The number of carbonyl (C=O) groups is 2. The molecule has 6 heteroatoms. The molecular formula is C14H22N2O4. The van der Waals surface area contributed by atoms with Crippen molar-refractivity contribution in [1.29, 1.82) is 0 Å². The maximum atomic E-state index is 12.2. The average Bonchev–Trinajstić information content (AvgIpc) is 2.75. The highest BCUT2D eigenvalue weighted by Crippen LogP contribution is 2.22. The Morgan fingerprint density at radius 2 is 2.05 bits per heavy atom. The number of carboxylic acid groups (broad SMARTS) is 1. The van der Waals surface area contributed by atoms with E-state index in [1.807, 2.05) is 20.8 Å². The number of amides is 1. The molecule has 20 heavy (non-hydrogen) atoms. The Balaban J connectivity index is 2.72. The van der Waals surface area contributed by atoms with Crippen LogP contribution in [-0.2, 0) is 4.79 Å². The Kier molecular flexibility index (Phi) is 5.73. The fourth-order valence-electron chi connectivity index (χ4n) is 1.99.